The zero-order valence-electron chi connectivity index (χ0n) is 17.8. The van der Waals surface area contributed by atoms with Crippen LogP contribution in [0.25, 0.3) is 26.6 Å². The fraction of sp³-hybridized carbons (Fsp3) is 0.217. The second-order valence-corrected chi connectivity index (χ2v) is 10.8. The molecule has 0 unspecified atom stereocenters. The van der Waals surface area contributed by atoms with Crippen molar-refractivity contribution < 1.29 is 0 Å². The molecule has 0 radical (unpaired) electrons. The lowest BCUT2D eigenvalue weighted by Gasteiger charge is -2.13. The van der Waals surface area contributed by atoms with Crippen LogP contribution in [0.1, 0.15) is 19.5 Å². The van der Waals surface area contributed by atoms with E-state index in [-0.39, 0.29) is 5.56 Å². The molecule has 0 bridgehead atoms. The van der Waals surface area contributed by atoms with Gasteiger partial charge in [0.2, 0.25) is 0 Å². The molecule has 0 atom stereocenters. The van der Waals surface area contributed by atoms with Crippen molar-refractivity contribution in [3.05, 3.63) is 74.6 Å². The van der Waals surface area contributed by atoms with Gasteiger partial charge < -0.3 is 4.57 Å². The zero-order chi connectivity index (χ0) is 23.1. The number of nitrogens with zero attached hydrogens (tertiary/aromatic N) is 5. The molecule has 2 aromatic carbocycles. The summed E-state index contributed by atoms with van der Waals surface area (Å²) in [6.07, 6.45) is 0. The highest BCUT2D eigenvalue weighted by Gasteiger charge is 2.18. The summed E-state index contributed by atoms with van der Waals surface area (Å²) in [4.78, 5) is 18.2. The van der Waals surface area contributed by atoms with Crippen LogP contribution < -0.4 is 5.56 Å². The monoisotopic (exact) mass is 515 g/mol. The number of hydrogen-bond acceptors (Lipinski definition) is 6. The molecule has 6 nitrogen and oxygen atoms in total. The highest BCUT2D eigenvalue weighted by Crippen LogP contribution is 2.33. The molecule has 0 aliphatic rings. The SMILES string of the molecule is CC(C)Cn1c(SCc2cc(=O)n3c(n2)sc2ccccc23)nnc1-c1ccc(Cl)cc1Cl. The Morgan fingerprint density at radius 1 is 1.09 bits per heavy atom. The van der Waals surface area contributed by atoms with Crippen LogP contribution in [-0.2, 0) is 12.3 Å². The summed E-state index contributed by atoms with van der Waals surface area (Å²) in [6, 6.07) is 14.8. The standard InChI is InChI=1S/C23H19Cl2N5OS2/c1-13(2)11-29-21(16-8-7-14(24)9-17(16)25)27-28-23(29)32-12-15-10-20(31)30-18-5-3-4-6-19(18)33-22(30)26-15/h3-10,13H,11-12H2,1-2H3. The first kappa shape index (κ1) is 22.4. The van der Waals surface area contributed by atoms with Crippen LogP contribution in [0.3, 0.4) is 0 Å². The van der Waals surface area contributed by atoms with Gasteiger partial charge in [0.05, 0.1) is 20.9 Å². The topological polar surface area (TPSA) is 65.1 Å². The van der Waals surface area contributed by atoms with Gasteiger partial charge in [-0.1, -0.05) is 72.3 Å². The quantitative estimate of drug-likeness (QED) is 0.244. The molecule has 0 saturated carbocycles. The molecule has 0 aliphatic carbocycles. The molecule has 0 amide bonds. The Bertz CT molecular complexity index is 1540. The van der Waals surface area contributed by atoms with Gasteiger partial charge in [-0.15, -0.1) is 10.2 Å². The summed E-state index contributed by atoms with van der Waals surface area (Å²) >= 11 is 15.5. The molecule has 3 aromatic heterocycles. The largest absolute Gasteiger partial charge is 0.302 e. The molecule has 0 N–H and O–H groups in total. The molecule has 10 heteroatoms. The normalized spacial score (nSPS) is 11.8. The lowest BCUT2D eigenvalue weighted by molar-refractivity contribution is 0.498. The number of thioether (sulfide) groups is 1. The molecule has 168 valence electrons. The molecule has 33 heavy (non-hydrogen) atoms. The maximum Gasteiger partial charge on any atom is 0.259 e. The zero-order valence-corrected chi connectivity index (χ0v) is 21.0. The summed E-state index contributed by atoms with van der Waals surface area (Å²) in [5, 5.41) is 10.7. The van der Waals surface area contributed by atoms with Gasteiger partial charge in [0.1, 0.15) is 0 Å². The van der Waals surface area contributed by atoms with E-state index in [0.29, 0.717) is 38.2 Å². The van der Waals surface area contributed by atoms with E-state index in [1.165, 1.54) is 23.1 Å². The van der Waals surface area contributed by atoms with Gasteiger partial charge in [-0.2, -0.15) is 0 Å². The van der Waals surface area contributed by atoms with Crippen molar-refractivity contribution in [1.82, 2.24) is 24.1 Å². The van der Waals surface area contributed by atoms with E-state index < -0.39 is 0 Å². The number of benzene rings is 2. The average molecular weight is 516 g/mol. The fourth-order valence-corrected chi connectivity index (χ4v) is 6.01. The predicted molar refractivity (Wildman–Crippen MR) is 137 cm³/mol. The Morgan fingerprint density at radius 3 is 2.70 bits per heavy atom. The van der Waals surface area contributed by atoms with Crippen molar-refractivity contribution in [2.75, 3.05) is 0 Å². The van der Waals surface area contributed by atoms with E-state index in [9.17, 15) is 4.79 Å². The second-order valence-electron chi connectivity index (χ2n) is 8.00. The van der Waals surface area contributed by atoms with E-state index >= 15 is 0 Å². The molecular formula is C23H19Cl2N5OS2. The first-order valence-electron chi connectivity index (χ1n) is 10.3. The van der Waals surface area contributed by atoms with Crippen molar-refractivity contribution in [3.8, 4) is 11.4 Å². The smallest absolute Gasteiger partial charge is 0.259 e. The Balaban J connectivity index is 1.48. The van der Waals surface area contributed by atoms with Crippen LogP contribution in [-0.4, -0.2) is 24.1 Å². The third-order valence-electron chi connectivity index (χ3n) is 5.03. The number of thiazole rings is 1. The van der Waals surface area contributed by atoms with Crippen molar-refractivity contribution >= 4 is 61.5 Å². The average Bonchev–Trinajstić information content (AvgIpc) is 3.33. The molecule has 5 aromatic rings. The summed E-state index contributed by atoms with van der Waals surface area (Å²) in [5.74, 6) is 1.58. The Kier molecular flexibility index (Phi) is 6.18. The lowest BCUT2D eigenvalue weighted by Crippen LogP contribution is -2.13. The number of hydrogen-bond donors (Lipinski definition) is 0. The third-order valence-corrected chi connectivity index (χ3v) is 7.60. The van der Waals surface area contributed by atoms with Gasteiger partial charge >= 0.3 is 0 Å². The minimum Gasteiger partial charge on any atom is -0.302 e. The van der Waals surface area contributed by atoms with Gasteiger partial charge in [-0.25, -0.2) is 4.98 Å². The second kappa shape index (κ2) is 9.10. The van der Waals surface area contributed by atoms with Crippen molar-refractivity contribution in [1.29, 1.82) is 0 Å². The Hall–Kier alpha value is -2.39. The van der Waals surface area contributed by atoms with E-state index in [2.05, 4.69) is 28.6 Å². The molecule has 0 saturated heterocycles. The van der Waals surface area contributed by atoms with Crippen LogP contribution in [0, 0.1) is 5.92 Å². The number of fused-ring (bicyclic) bond motifs is 3. The summed E-state index contributed by atoms with van der Waals surface area (Å²) in [5.41, 5.74) is 2.30. The van der Waals surface area contributed by atoms with Gasteiger partial charge in [0.25, 0.3) is 5.56 Å². The maximum absolute atomic E-state index is 12.8. The van der Waals surface area contributed by atoms with E-state index in [1.54, 1.807) is 22.6 Å². The molecular weight excluding hydrogens is 497 g/mol. The van der Waals surface area contributed by atoms with Crippen molar-refractivity contribution in [2.45, 2.75) is 31.3 Å². The summed E-state index contributed by atoms with van der Waals surface area (Å²) < 4.78 is 4.76. The first-order chi connectivity index (χ1) is 15.9. The van der Waals surface area contributed by atoms with Crippen LogP contribution >= 0.6 is 46.3 Å². The number of rotatable bonds is 6. The number of aromatic nitrogens is 5. The number of halogens is 2. The van der Waals surface area contributed by atoms with E-state index in [4.69, 9.17) is 28.2 Å². The molecule has 0 aliphatic heterocycles. The Morgan fingerprint density at radius 2 is 1.91 bits per heavy atom. The van der Waals surface area contributed by atoms with E-state index in [1.807, 2.05) is 30.3 Å². The molecule has 0 fully saturated rings. The van der Waals surface area contributed by atoms with Gasteiger partial charge in [0, 0.05) is 29.0 Å². The first-order valence-corrected chi connectivity index (χ1v) is 12.9. The van der Waals surface area contributed by atoms with Gasteiger partial charge in [-0.05, 0) is 36.2 Å². The van der Waals surface area contributed by atoms with Crippen molar-refractivity contribution in [3.63, 3.8) is 0 Å². The fourth-order valence-electron chi connectivity index (χ4n) is 3.63. The minimum atomic E-state index is -0.0784. The highest BCUT2D eigenvalue weighted by molar-refractivity contribution is 7.98. The predicted octanol–water partition coefficient (Wildman–Crippen LogP) is 6.42. The van der Waals surface area contributed by atoms with E-state index in [0.717, 1.165) is 27.5 Å². The molecule has 3 heterocycles. The van der Waals surface area contributed by atoms with Crippen LogP contribution in [0.15, 0.2) is 58.5 Å². The molecule has 5 rings (SSSR count). The third kappa shape index (κ3) is 4.40. The van der Waals surface area contributed by atoms with Gasteiger partial charge in [-0.3, -0.25) is 9.20 Å². The highest BCUT2D eigenvalue weighted by atomic mass is 35.5. The minimum absolute atomic E-state index is 0.0784. The van der Waals surface area contributed by atoms with Crippen molar-refractivity contribution in [2.24, 2.45) is 5.92 Å². The van der Waals surface area contributed by atoms with Crippen LogP contribution in [0.5, 0.6) is 0 Å². The lowest BCUT2D eigenvalue weighted by atomic mass is 10.2. The van der Waals surface area contributed by atoms with Gasteiger partial charge in [0.15, 0.2) is 15.9 Å². The van der Waals surface area contributed by atoms with Crippen LogP contribution in [0.2, 0.25) is 10.0 Å². The molecule has 0 spiro atoms. The summed E-state index contributed by atoms with van der Waals surface area (Å²) in [7, 11) is 0. The summed E-state index contributed by atoms with van der Waals surface area (Å²) in [6.45, 7) is 5.01. The maximum atomic E-state index is 12.8. The van der Waals surface area contributed by atoms with Crippen LogP contribution in [0.4, 0.5) is 0 Å². The number of para-hydroxylation sites is 1. The Labute approximate surface area is 208 Å².